The van der Waals surface area contributed by atoms with E-state index in [9.17, 15) is 9.59 Å². The summed E-state index contributed by atoms with van der Waals surface area (Å²) in [6.45, 7) is 0.616. The van der Waals surface area contributed by atoms with Gasteiger partial charge in [0, 0.05) is 11.9 Å². The van der Waals surface area contributed by atoms with Crippen molar-refractivity contribution in [1.29, 1.82) is 0 Å². The first-order chi connectivity index (χ1) is 9.24. The molecule has 2 saturated carbocycles. The number of hydrogen-bond donors (Lipinski definition) is 0. The van der Waals surface area contributed by atoms with Crippen LogP contribution in [0, 0.1) is 35.5 Å². The lowest BCUT2D eigenvalue weighted by atomic mass is 9.63. The molecule has 1 saturated heterocycles. The first kappa shape index (κ1) is 12.1. The molecule has 0 spiro atoms. The summed E-state index contributed by atoms with van der Waals surface area (Å²) in [4.78, 5) is 26.7. The maximum atomic E-state index is 12.6. The number of carbonyl (C=O) groups is 2. The Morgan fingerprint density at radius 1 is 1.05 bits per heavy atom. The molecule has 5 aliphatic rings. The third-order valence-corrected chi connectivity index (χ3v) is 6.08. The van der Waals surface area contributed by atoms with Gasteiger partial charge < -0.3 is 0 Å². The lowest BCUT2D eigenvalue weighted by Gasteiger charge is -2.37. The zero-order chi connectivity index (χ0) is 13.1. The summed E-state index contributed by atoms with van der Waals surface area (Å²) in [7, 11) is 0. The van der Waals surface area contributed by atoms with Crippen molar-refractivity contribution in [2.75, 3.05) is 11.9 Å². The molecule has 0 aromatic heterocycles. The number of rotatable bonds is 4. The molecule has 3 nitrogen and oxygen atoms in total. The van der Waals surface area contributed by atoms with Gasteiger partial charge in [-0.2, -0.15) is 0 Å². The molecular formula is C15H18BrNO2. The first-order valence-corrected chi connectivity index (χ1v) is 8.45. The maximum Gasteiger partial charge on any atom is 0.233 e. The molecule has 1 heterocycles. The van der Waals surface area contributed by atoms with E-state index in [1.807, 2.05) is 0 Å². The highest BCUT2D eigenvalue weighted by atomic mass is 79.9. The maximum absolute atomic E-state index is 12.6. The molecular weight excluding hydrogens is 306 g/mol. The number of halogens is 1. The minimum Gasteiger partial charge on any atom is -0.282 e. The van der Waals surface area contributed by atoms with Crippen molar-refractivity contribution < 1.29 is 9.59 Å². The summed E-state index contributed by atoms with van der Waals surface area (Å²) >= 11 is 3.39. The lowest BCUT2D eigenvalue weighted by Crippen LogP contribution is -2.40. The van der Waals surface area contributed by atoms with Gasteiger partial charge in [-0.3, -0.25) is 14.5 Å². The van der Waals surface area contributed by atoms with Crippen molar-refractivity contribution in [1.82, 2.24) is 4.90 Å². The molecule has 4 heteroatoms. The standard InChI is InChI=1S/C15H18BrNO2/c16-5-1-2-6-17-14(18)12-8-3-4-9(11-7-10(8)11)13(12)15(17)19/h3-4,8-13H,1-2,5-7H2. The second-order valence-electron chi connectivity index (χ2n) is 6.38. The summed E-state index contributed by atoms with van der Waals surface area (Å²) in [6.07, 6.45) is 7.63. The van der Waals surface area contributed by atoms with Crippen molar-refractivity contribution in [2.45, 2.75) is 19.3 Å². The zero-order valence-electron chi connectivity index (χ0n) is 10.8. The Labute approximate surface area is 121 Å². The van der Waals surface area contributed by atoms with E-state index in [4.69, 9.17) is 0 Å². The largest absolute Gasteiger partial charge is 0.282 e. The van der Waals surface area contributed by atoms with E-state index in [0.717, 1.165) is 18.2 Å². The SMILES string of the molecule is O=C1C2C3C=CC(C4CC34)C2C(=O)N1CCCCBr. The predicted octanol–water partition coefficient (Wildman–Crippen LogP) is 2.21. The molecule has 6 atom stereocenters. The Morgan fingerprint density at radius 3 is 2.16 bits per heavy atom. The Hall–Kier alpha value is -0.640. The van der Waals surface area contributed by atoms with Crippen LogP contribution in [0.25, 0.3) is 0 Å². The van der Waals surface area contributed by atoms with Gasteiger partial charge in [0.05, 0.1) is 11.8 Å². The Kier molecular flexibility index (Phi) is 2.66. The Bertz CT molecular complexity index is 439. The summed E-state index contributed by atoms with van der Waals surface area (Å²) in [5, 5.41) is 0.938. The molecule has 5 rings (SSSR count). The summed E-state index contributed by atoms with van der Waals surface area (Å²) < 4.78 is 0. The van der Waals surface area contributed by atoms with Crippen LogP contribution in [-0.2, 0) is 9.59 Å². The van der Waals surface area contributed by atoms with Crippen LogP contribution in [0.2, 0.25) is 0 Å². The molecule has 0 N–H and O–H groups in total. The number of hydrogen-bond acceptors (Lipinski definition) is 2. The molecule has 0 aromatic carbocycles. The molecule has 102 valence electrons. The third kappa shape index (κ3) is 1.55. The van der Waals surface area contributed by atoms with Crippen LogP contribution >= 0.6 is 15.9 Å². The van der Waals surface area contributed by atoms with Crippen LogP contribution in [0.1, 0.15) is 19.3 Å². The minimum absolute atomic E-state index is 0.0183. The van der Waals surface area contributed by atoms with Gasteiger partial charge in [-0.05, 0) is 42.9 Å². The Morgan fingerprint density at radius 2 is 1.63 bits per heavy atom. The Balaban J connectivity index is 1.58. The van der Waals surface area contributed by atoms with E-state index >= 15 is 0 Å². The number of nitrogens with zero attached hydrogens (tertiary/aromatic N) is 1. The molecule has 3 fully saturated rings. The average Bonchev–Trinajstić information content (AvgIpc) is 3.19. The van der Waals surface area contributed by atoms with E-state index in [1.54, 1.807) is 4.90 Å². The van der Waals surface area contributed by atoms with Crippen molar-refractivity contribution in [2.24, 2.45) is 35.5 Å². The van der Waals surface area contributed by atoms with Gasteiger partial charge in [-0.25, -0.2) is 0 Å². The molecule has 19 heavy (non-hydrogen) atoms. The van der Waals surface area contributed by atoms with Crippen molar-refractivity contribution >= 4 is 27.7 Å². The molecule has 0 radical (unpaired) electrons. The van der Waals surface area contributed by atoms with Crippen molar-refractivity contribution in [3.8, 4) is 0 Å². The first-order valence-electron chi connectivity index (χ1n) is 7.33. The van der Waals surface area contributed by atoms with Crippen LogP contribution in [0.5, 0.6) is 0 Å². The van der Waals surface area contributed by atoms with Gasteiger partial charge in [-0.1, -0.05) is 28.1 Å². The summed E-state index contributed by atoms with van der Waals surface area (Å²) in [5.74, 6) is 2.33. The quantitative estimate of drug-likeness (QED) is 0.344. The summed E-state index contributed by atoms with van der Waals surface area (Å²) in [5.41, 5.74) is 0. The number of carbonyl (C=O) groups excluding carboxylic acids is 2. The van der Waals surface area contributed by atoms with Crippen molar-refractivity contribution in [3.05, 3.63) is 12.2 Å². The van der Waals surface area contributed by atoms with Crippen LogP contribution < -0.4 is 0 Å². The van der Waals surface area contributed by atoms with Gasteiger partial charge in [0.2, 0.25) is 11.8 Å². The number of alkyl halides is 1. The minimum atomic E-state index is -0.0183. The molecule has 2 bridgehead atoms. The van der Waals surface area contributed by atoms with E-state index in [1.165, 1.54) is 6.42 Å². The molecule has 2 amide bonds. The van der Waals surface area contributed by atoms with Gasteiger partial charge in [0.25, 0.3) is 0 Å². The second kappa shape index (κ2) is 4.18. The highest BCUT2D eigenvalue weighted by Crippen LogP contribution is 2.65. The van der Waals surface area contributed by atoms with Crippen LogP contribution in [0.3, 0.4) is 0 Å². The van der Waals surface area contributed by atoms with Crippen LogP contribution in [-0.4, -0.2) is 28.6 Å². The molecule has 4 aliphatic carbocycles. The van der Waals surface area contributed by atoms with Gasteiger partial charge in [-0.15, -0.1) is 0 Å². The van der Waals surface area contributed by atoms with E-state index in [2.05, 4.69) is 28.1 Å². The fourth-order valence-electron chi connectivity index (χ4n) is 4.60. The topological polar surface area (TPSA) is 37.4 Å². The van der Waals surface area contributed by atoms with E-state index in [-0.39, 0.29) is 23.7 Å². The van der Waals surface area contributed by atoms with Gasteiger partial charge in [0.15, 0.2) is 0 Å². The normalized spacial score (nSPS) is 45.6. The fraction of sp³-hybridized carbons (Fsp3) is 0.733. The van der Waals surface area contributed by atoms with E-state index < -0.39 is 0 Å². The molecule has 1 aliphatic heterocycles. The number of likely N-dealkylation sites (tertiary alicyclic amines) is 1. The lowest BCUT2D eigenvalue weighted by molar-refractivity contribution is -0.140. The monoisotopic (exact) mass is 323 g/mol. The van der Waals surface area contributed by atoms with Crippen LogP contribution in [0.15, 0.2) is 12.2 Å². The van der Waals surface area contributed by atoms with Gasteiger partial charge >= 0.3 is 0 Å². The molecule has 6 unspecified atom stereocenters. The number of amides is 2. The second-order valence-corrected chi connectivity index (χ2v) is 7.17. The van der Waals surface area contributed by atoms with E-state index in [0.29, 0.717) is 30.2 Å². The van der Waals surface area contributed by atoms with Crippen molar-refractivity contribution in [3.63, 3.8) is 0 Å². The highest BCUT2D eigenvalue weighted by molar-refractivity contribution is 9.09. The predicted molar refractivity (Wildman–Crippen MR) is 74.4 cm³/mol. The third-order valence-electron chi connectivity index (χ3n) is 5.52. The zero-order valence-corrected chi connectivity index (χ0v) is 12.4. The number of allylic oxidation sites excluding steroid dienone is 2. The molecule has 0 aromatic rings. The van der Waals surface area contributed by atoms with Gasteiger partial charge in [0.1, 0.15) is 0 Å². The number of imide groups is 1. The fourth-order valence-corrected chi connectivity index (χ4v) is 5.00. The smallest absolute Gasteiger partial charge is 0.233 e. The summed E-state index contributed by atoms with van der Waals surface area (Å²) in [6, 6.07) is 0. The highest BCUT2D eigenvalue weighted by Gasteiger charge is 2.66. The average molecular weight is 324 g/mol. The number of unbranched alkanes of at least 4 members (excludes halogenated alkanes) is 1. The van der Waals surface area contributed by atoms with Crippen LogP contribution in [0.4, 0.5) is 0 Å².